The highest BCUT2D eigenvalue weighted by Gasteiger charge is 2.33. The summed E-state index contributed by atoms with van der Waals surface area (Å²) in [6.07, 6.45) is 3.87. The molecule has 2 amide bonds. The maximum absolute atomic E-state index is 13.6. The summed E-state index contributed by atoms with van der Waals surface area (Å²) in [6.45, 7) is 1.14. The molecule has 1 N–H and O–H groups in total. The van der Waals surface area contributed by atoms with E-state index in [0.29, 0.717) is 5.02 Å². The van der Waals surface area contributed by atoms with Crippen LogP contribution in [-0.2, 0) is 26.3 Å². The second-order valence-electron chi connectivity index (χ2n) is 9.09. The van der Waals surface area contributed by atoms with Gasteiger partial charge in [-0.1, -0.05) is 36.6 Å². The molecule has 0 radical (unpaired) electrons. The number of anilines is 1. The Balaban J connectivity index is 1.91. The minimum absolute atomic E-state index is 0.0669. The van der Waals surface area contributed by atoms with Crippen molar-refractivity contribution in [1.29, 1.82) is 0 Å². The first kappa shape index (κ1) is 27.9. The van der Waals surface area contributed by atoms with Gasteiger partial charge >= 0.3 is 10.2 Å². The van der Waals surface area contributed by atoms with E-state index >= 15 is 0 Å². The quantitative estimate of drug-likeness (QED) is 0.501. The SMILES string of the molecule is C[C@H](C(=O)NC1CCCC1)N(Cc1ccc(Cl)cc1)C(=O)CN(c1ccc(F)cc1)S(=O)(=O)N(C)C. The van der Waals surface area contributed by atoms with Gasteiger partial charge < -0.3 is 10.2 Å². The highest BCUT2D eigenvalue weighted by Crippen LogP contribution is 2.22. The van der Waals surface area contributed by atoms with Gasteiger partial charge in [0.05, 0.1) is 5.69 Å². The van der Waals surface area contributed by atoms with E-state index in [1.54, 1.807) is 31.2 Å². The Hall–Kier alpha value is -2.69. The van der Waals surface area contributed by atoms with Gasteiger partial charge in [0.15, 0.2) is 0 Å². The lowest BCUT2D eigenvalue weighted by atomic mass is 10.1. The topological polar surface area (TPSA) is 90.0 Å². The summed E-state index contributed by atoms with van der Waals surface area (Å²) in [5.41, 5.74) is 0.866. The van der Waals surface area contributed by atoms with Crippen LogP contribution in [0.5, 0.6) is 0 Å². The third-order valence-corrected chi connectivity index (χ3v) is 8.34. The minimum Gasteiger partial charge on any atom is -0.352 e. The van der Waals surface area contributed by atoms with Crippen LogP contribution in [0.3, 0.4) is 0 Å². The highest BCUT2D eigenvalue weighted by molar-refractivity contribution is 7.90. The number of rotatable bonds is 10. The van der Waals surface area contributed by atoms with Crippen LogP contribution in [0.1, 0.15) is 38.2 Å². The Morgan fingerprint density at radius 3 is 2.19 bits per heavy atom. The van der Waals surface area contributed by atoms with E-state index in [1.807, 2.05) is 0 Å². The van der Waals surface area contributed by atoms with Crippen molar-refractivity contribution in [3.63, 3.8) is 0 Å². The van der Waals surface area contributed by atoms with Gasteiger partial charge in [-0.05, 0) is 61.7 Å². The lowest BCUT2D eigenvalue weighted by molar-refractivity contribution is -0.139. The van der Waals surface area contributed by atoms with Gasteiger partial charge in [-0.25, -0.2) is 8.70 Å². The summed E-state index contributed by atoms with van der Waals surface area (Å²) in [6, 6.07) is 10.9. The standard InChI is InChI=1S/C25H32ClFN4O4S/c1-18(25(33)28-22-6-4-5-7-22)30(16-19-8-10-20(26)11-9-19)24(32)17-31(36(34,35)29(2)3)23-14-12-21(27)13-15-23/h8-15,18,22H,4-7,16-17H2,1-3H3,(H,28,33)/t18-/m1/s1. The molecule has 0 bridgehead atoms. The molecule has 3 rings (SSSR count). The molecule has 2 aromatic carbocycles. The van der Waals surface area contributed by atoms with Crippen LogP contribution in [0.15, 0.2) is 48.5 Å². The van der Waals surface area contributed by atoms with E-state index in [4.69, 9.17) is 11.6 Å². The molecule has 0 heterocycles. The van der Waals surface area contributed by atoms with Crippen LogP contribution >= 0.6 is 11.6 Å². The molecule has 11 heteroatoms. The number of carbonyl (C=O) groups is 2. The fraction of sp³-hybridized carbons (Fsp3) is 0.440. The van der Waals surface area contributed by atoms with E-state index in [1.165, 1.54) is 31.1 Å². The van der Waals surface area contributed by atoms with Gasteiger partial charge in [-0.15, -0.1) is 0 Å². The van der Waals surface area contributed by atoms with Crippen molar-refractivity contribution >= 4 is 39.3 Å². The van der Waals surface area contributed by atoms with Gasteiger partial charge in [0.1, 0.15) is 18.4 Å². The van der Waals surface area contributed by atoms with Gasteiger partial charge in [-0.2, -0.15) is 12.7 Å². The lowest BCUT2D eigenvalue weighted by Crippen LogP contribution is -2.53. The zero-order valence-electron chi connectivity index (χ0n) is 20.7. The smallest absolute Gasteiger partial charge is 0.304 e. The number of hydrogen-bond donors (Lipinski definition) is 1. The van der Waals surface area contributed by atoms with Crippen molar-refractivity contribution in [3.05, 3.63) is 64.9 Å². The zero-order valence-corrected chi connectivity index (χ0v) is 22.2. The summed E-state index contributed by atoms with van der Waals surface area (Å²) in [5, 5.41) is 3.54. The third kappa shape index (κ3) is 6.96. The number of halogens is 2. The molecule has 196 valence electrons. The number of amides is 2. The van der Waals surface area contributed by atoms with Crippen LogP contribution in [0.4, 0.5) is 10.1 Å². The molecule has 0 aromatic heterocycles. The number of nitrogens with one attached hydrogen (secondary N) is 1. The fourth-order valence-electron chi connectivity index (χ4n) is 4.09. The lowest BCUT2D eigenvalue weighted by Gasteiger charge is -2.33. The number of benzene rings is 2. The van der Waals surface area contributed by atoms with Crippen molar-refractivity contribution in [2.75, 3.05) is 24.9 Å². The molecule has 0 unspecified atom stereocenters. The van der Waals surface area contributed by atoms with Crippen molar-refractivity contribution < 1.29 is 22.4 Å². The van der Waals surface area contributed by atoms with E-state index in [-0.39, 0.29) is 24.2 Å². The second kappa shape index (κ2) is 12.0. The highest BCUT2D eigenvalue weighted by atomic mass is 35.5. The Morgan fingerprint density at radius 1 is 1.06 bits per heavy atom. The van der Waals surface area contributed by atoms with Crippen molar-refractivity contribution in [1.82, 2.24) is 14.5 Å². The van der Waals surface area contributed by atoms with E-state index in [9.17, 15) is 22.4 Å². The molecule has 0 saturated heterocycles. The Bertz CT molecular complexity index is 1150. The van der Waals surface area contributed by atoms with E-state index in [0.717, 1.165) is 52.0 Å². The molecule has 1 aliphatic rings. The summed E-state index contributed by atoms with van der Waals surface area (Å²) in [4.78, 5) is 28.1. The summed E-state index contributed by atoms with van der Waals surface area (Å²) < 4.78 is 41.6. The molecule has 1 aliphatic carbocycles. The van der Waals surface area contributed by atoms with E-state index < -0.39 is 34.5 Å². The van der Waals surface area contributed by atoms with Gasteiger partial charge in [0.2, 0.25) is 11.8 Å². The first-order valence-corrected chi connectivity index (χ1v) is 13.6. The molecular weight excluding hydrogens is 507 g/mol. The van der Waals surface area contributed by atoms with Gasteiger partial charge in [0, 0.05) is 31.7 Å². The Kier molecular flexibility index (Phi) is 9.32. The van der Waals surface area contributed by atoms with Crippen molar-refractivity contribution in [3.8, 4) is 0 Å². The maximum atomic E-state index is 13.6. The fourth-order valence-corrected chi connectivity index (χ4v) is 5.27. The Morgan fingerprint density at radius 2 is 1.64 bits per heavy atom. The first-order valence-electron chi connectivity index (χ1n) is 11.8. The zero-order chi connectivity index (χ0) is 26.5. The summed E-state index contributed by atoms with van der Waals surface area (Å²) in [7, 11) is -1.40. The molecule has 1 atom stereocenters. The molecule has 8 nitrogen and oxygen atoms in total. The minimum atomic E-state index is -4.10. The summed E-state index contributed by atoms with van der Waals surface area (Å²) in [5.74, 6) is -1.41. The largest absolute Gasteiger partial charge is 0.352 e. The van der Waals surface area contributed by atoms with Crippen LogP contribution in [-0.4, -0.2) is 62.2 Å². The third-order valence-electron chi connectivity index (χ3n) is 6.27. The average molecular weight is 539 g/mol. The van der Waals surface area contributed by atoms with Gasteiger partial charge in [0.25, 0.3) is 0 Å². The molecule has 2 aromatic rings. The van der Waals surface area contributed by atoms with Crippen molar-refractivity contribution in [2.45, 2.75) is 51.2 Å². The summed E-state index contributed by atoms with van der Waals surface area (Å²) >= 11 is 6.00. The molecule has 1 fully saturated rings. The number of carbonyl (C=O) groups excluding carboxylic acids is 2. The molecule has 0 spiro atoms. The maximum Gasteiger partial charge on any atom is 0.304 e. The monoisotopic (exact) mass is 538 g/mol. The molecule has 0 aliphatic heterocycles. The van der Waals surface area contributed by atoms with Gasteiger partial charge in [-0.3, -0.25) is 9.59 Å². The number of nitrogens with zero attached hydrogens (tertiary/aromatic N) is 3. The van der Waals surface area contributed by atoms with Crippen LogP contribution < -0.4 is 9.62 Å². The normalized spacial score (nSPS) is 15.1. The molecule has 36 heavy (non-hydrogen) atoms. The van der Waals surface area contributed by atoms with Crippen LogP contribution in [0.25, 0.3) is 0 Å². The first-order chi connectivity index (χ1) is 17.0. The van der Waals surface area contributed by atoms with Crippen molar-refractivity contribution in [2.24, 2.45) is 0 Å². The molecule has 1 saturated carbocycles. The molecular formula is C25H32ClFN4O4S. The predicted molar refractivity (Wildman–Crippen MR) is 138 cm³/mol. The number of hydrogen-bond acceptors (Lipinski definition) is 4. The second-order valence-corrected chi connectivity index (χ2v) is 11.6. The van der Waals surface area contributed by atoms with E-state index in [2.05, 4.69) is 5.32 Å². The Labute approximate surface area is 217 Å². The average Bonchev–Trinajstić information content (AvgIpc) is 3.35. The van der Waals surface area contributed by atoms with Crippen LogP contribution in [0, 0.1) is 5.82 Å². The van der Waals surface area contributed by atoms with Crippen LogP contribution in [0.2, 0.25) is 5.02 Å². The predicted octanol–water partition coefficient (Wildman–Crippen LogP) is 3.57.